The molecule has 7 nitrogen and oxygen atoms in total. The molecule has 0 atom stereocenters. The smallest absolute Gasteiger partial charge is 0.243 e. The summed E-state index contributed by atoms with van der Waals surface area (Å²) in [5.74, 6) is -1.47. The summed E-state index contributed by atoms with van der Waals surface area (Å²) in [4.78, 5) is 2.32. The first-order chi connectivity index (χ1) is 15.8. The molecular formula is C22H26F2N4O3S2. The number of rotatable bonds is 5. The van der Waals surface area contributed by atoms with E-state index >= 15 is 0 Å². The zero-order valence-electron chi connectivity index (χ0n) is 18.0. The monoisotopic (exact) mass is 496 g/mol. The second-order valence-electron chi connectivity index (χ2n) is 7.95. The molecule has 0 amide bonds. The summed E-state index contributed by atoms with van der Waals surface area (Å²) in [6.45, 7) is 2.99. The first-order valence-corrected chi connectivity index (χ1v) is 12.7. The quantitative estimate of drug-likeness (QED) is 0.611. The van der Waals surface area contributed by atoms with E-state index in [0.29, 0.717) is 32.0 Å². The topological polar surface area (TPSA) is 73.9 Å². The van der Waals surface area contributed by atoms with Crippen LogP contribution in [0.25, 0.3) is 0 Å². The lowest BCUT2D eigenvalue weighted by Gasteiger charge is -2.31. The fraction of sp³-hybridized carbons (Fsp3) is 0.409. The Bertz CT molecular complexity index is 1120. The summed E-state index contributed by atoms with van der Waals surface area (Å²) in [6.07, 6.45) is 3.22. The number of hydrogen-bond donors (Lipinski definition) is 2. The van der Waals surface area contributed by atoms with Crippen molar-refractivity contribution >= 4 is 44.4 Å². The highest BCUT2D eigenvalue weighted by molar-refractivity contribution is 7.89. The van der Waals surface area contributed by atoms with Gasteiger partial charge in [0.2, 0.25) is 10.0 Å². The number of halogens is 2. The predicted molar refractivity (Wildman–Crippen MR) is 128 cm³/mol. The Morgan fingerprint density at radius 1 is 0.909 bits per heavy atom. The SMILES string of the molecule is O=S(=O)(c1ccc(N2CCCCC2)c(NC(=S)Nc2ccc(F)cc2F)c1)N1CCOCC1. The van der Waals surface area contributed by atoms with Crippen LogP contribution in [0.3, 0.4) is 0 Å². The highest BCUT2D eigenvalue weighted by atomic mass is 32.2. The van der Waals surface area contributed by atoms with Gasteiger partial charge in [-0.05, 0) is 61.8 Å². The normalized spacial score (nSPS) is 17.6. The summed E-state index contributed by atoms with van der Waals surface area (Å²) in [5, 5.41) is 5.81. The molecule has 2 aliphatic rings. The molecule has 2 aromatic carbocycles. The Morgan fingerprint density at radius 2 is 1.61 bits per heavy atom. The van der Waals surface area contributed by atoms with Gasteiger partial charge in [0.25, 0.3) is 0 Å². The van der Waals surface area contributed by atoms with Crippen molar-refractivity contribution in [2.75, 3.05) is 54.9 Å². The van der Waals surface area contributed by atoms with Crippen LogP contribution in [-0.2, 0) is 14.8 Å². The van der Waals surface area contributed by atoms with Gasteiger partial charge in [-0.25, -0.2) is 17.2 Å². The Hall–Kier alpha value is -2.34. The van der Waals surface area contributed by atoms with E-state index in [4.69, 9.17) is 17.0 Å². The number of nitrogens with zero attached hydrogens (tertiary/aromatic N) is 2. The molecule has 0 saturated carbocycles. The van der Waals surface area contributed by atoms with Crippen molar-refractivity contribution in [2.45, 2.75) is 24.2 Å². The number of sulfonamides is 1. The minimum absolute atomic E-state index is 0.0190. The average molecular weight is 497 g/mol. The molecule has 178 valence electrons. The fourth-order valence-electron chi connectivity index (χ4n) is 3.99. The molecule has 2 heterocycles. The van der Waals surface area contributed by atoms with Gasteiger partial charge < -0.3 is 20.3 Å². The van der Waals surface area contributed by atoms with Crippen LogP contribution >= 0.6 is 12.2 Å². The van der Waals surface area contributed by atoms with Gasteiger partial charge in [0.05, 0.1) is 35.2 Å². The summed E-state index contributed by atoms with van der Waals surface area (Å²) >= 11 is 5.36. The van der Waals surface area contributed by atoms with Gasteiger partial charge in [-0.3, -0.25) is 0 Å². The van der Waals surface area contributed by atoms with Gasteiger partial charge >= 0.3 is 0 Å². The number of benzene rings is 2. The number of hydrogen-bond acceptors (Lipinski definition) is 5. The van der Waals surface area contributed by atoms with Gasteiger partial charge in [0.15, 0.2) is 5.11 Å². The van der Waals surface area contributed by atoms with Gasteiger partial charge in [-0.2, -0.15) is 4.31 Å². The lowest BCUT2D eigenvalue weighted by atomic mass is 10.1. The Morgan fingerprint density at radius 3 is 2.30 bits per heavy atom. The molecular weight excluding hydrogens is 470 g/mol. The van der Waals surface area contributed by atoms with Crippen LogP contribution in [0.4, 0.5) is 25.8 Å². The summed E-state index contributed by atoms with van der Waals surface area (Å²) in [7, 11) is -3.71. The predicted octanol–water partition coefficient (Wildman–Crippen LogP) is 3.78. The minimum atomic E-state index is -3.71. The van der Waals surface area contributed by atoms with Crippen molar-refractivity contribution < 1.29 is 21.9 Å². The molecule has 0 aliphatic carbocycles. The van der Waals surface area contributed by atoms with Gasteiger partial charge in [0.1, 0.15) is 11.6 Å². The standard InChI is InChI=1S/C22H26F2N4O3S2/c23-16-4-6-19(18(24)14-16)25-22(32)26-20-15-17(33(29,30)28-10-12-31-13-11-28)5-7-21(20)27-8-2-1-3-9-27/h4-7,14-15H,1-3,8-13H2,(H2,25,26,32). The van der Waals surface area contributed by atoms with E-state index in [-0.39, 0.29) is 15.7 Å². The largest absolute Gasteiger partial charge is 0.379 e. The Labute approximate surface area is 197 Å². The van der Waals surface area contributed by atoms with Crippen LogP contribution in [-0.4, -0.2) is 57.2 Å². The second-order valence-corrected chi connectivity index (χ2v) is 10.3. The first kappa shape index (κ1) is 23.8. The maximum atomic E-state index is 14.1. The molecule has 0 spiro atoms. The van der Waals surface area contributed by atoms with Crippen molar-refractivity contribution in [3.8, 4) is 0 Å². The van der Waals surface area contributed by atoms with Crippen LogP contribution in [0, 0.1) is 11.6 Å². The van der Waals surface area contributed by atoms with Crippen molar-refractivity contribution in [1.82, 2.24) is 4.31 Å². The molecule has 0 bridgehead atoms. The highest BCUT2D eigenvalue weighted by Gasteiger charge is 2.28. The summed E-state index contributed by atoms with van der Waals surface area (Å²) < 4.78 is 60.3. The lowest BCUT2D eigenvalue weighted by molar-refractivity contribution is 0.0730. The molecule has 2 fully saturated rings. The lowest BCUT2D eigenvalue weighted by Crippen LogP contribution is -2.40. The van der Waals surface area contributed by atoms with Crippen molar-refractivity contribution in [2.24, 2.45) is 0 Å². The third-order valence-electron chi connectivity index (χ3n) is 5.70. The molecule has 33 heavy (non-hydrogen) atoms. The fourth-order valence-corrected chi connectivity index (χ4v) is 5.64. The van der Waals surface area contributed by atoms with Gasteiger partial charge in [0, 0.05) is 32.2 Å². The van der Waals surface area contributed by atoms with E-state index in [9.17, 15) is 17.2 Å². The van der Waals surface area contributed by atoms with E-state index < -0.39 is 21.7 Å². The number of nitrogens with one attached hydrogen (secondary N) is 2. The molecule has 2 N–H and O–H groups in total. The molecule has 2 saturated heterocycles. The van der Waals surface area contributed by atoms with Crippen molar-refractivity contribution in [1.29, 1.82) is 0 Å². The molecule has 4 rings (SSSR count). The number of piperidine rings is 1. The maximum Gasteiger partial charge on any atom is 0.243 e. The summed E-state index contributed by atoms with van der Waals surface area (Å²) in [5.41, 5.74) is 1.34. The Balaban J connectivity index is 1.62. The van der Waals surface area contributed by atoms with Crippen LogP contribution in [0.5, 0.6) is 0 Å². The number of thiocarbonyl (C=S) groups is 1. The zero-order chi connectivity index (χ0) is 23.4. The molecule has 2 aliphatic heterocycles. The van der Waals surface area contributed by atoms with Crippen molar-refractivity contribution in [3.63, 3.8) is 0 Å². The number of ether oxygens (including phenoxy) is 1. The van der Waals surface area contributed by atoms with Crippen LogP contribution in [0.15, 0.2) is 41.3 Å². The molecule has 0 unspecified atom stereocenters. The highest BCUT2D eigenvalue weighted by Crippen LogP contribution is 2.32. The van der Waals surface area contributed by atoms with E-state index in [1.54, 1.807) is 18.2 Å². The van der Waals surface area contributed by atoms with Gasteiger partial charge in [-0.1, -0.05) is 0 Å². The third-order valence-corrected chi connectivity index (χ3v) is 7.80. The average Bonchev–Trinajstić information content (AvgIpc) is 2.82. The minimum Gasteiger partial charge on any atom is -0.379 e. The van der Waals surface area contributed by atoms with Crippen LogP contribution in [0.2, 0.25) is 0 Å². The Kier molecular flexibility index (Phi) is 7.42. The van der Waals surface area contributed by atoms with E-state index in [1.807, 2.05) is 0 Å². The zero-order valence-corrected chi connectivity index (χ0v) is 19.7. The third kappa shape index (κ3) is 5.60. The van der Waals surface area contributed by atoms with Crippen LogP contribution < -0.4 is 15.5 Å². The van der Waals surface area contributed by atoms with Gasteiger partial charge in [-0.15, -0.1) is 0 Å². The summed E-state index contributed by atoms with van der Waals surface area (Å²) in [6, 6.07) is 8.09. The van der Waals surface area contributed by atoms with E-state index in [1.165, 1.54) is 10.4 Å². The van der Waals surface area contributed by atoms with E-state index in [2.05, 4.69) is 15.5 Å². The molecule has 0 radical (unpaired) electrons. The van der Waals surface area contributed by atoms with Crippen molar-refractivity contribution in [3.05, 3.63) is 48.0 Å². The van der Waals surface area contributed by atoms with Crippen LogP contribution in [0.1, 0.15) is 19.3 Å². The molecule has 0 aromatic heterocycles. The number of morpholine rings is 1. The van der Waals surface area contributed by atoms with E-state index in [0.717, 1.165) is 50.2 Å². The molecule has 11 heteroatoms. The first-order valence-electron chi connectivity index (χ1n) is 10.8. The second kappa shape index (κ2) is 10.3. The number of anilines is 3. The maximum absolute atomic E-state index is 14.1. The molecule has 2 aromatic rings.